The highest BCUT2D eigenvalue weighted by atomic mass is 15.3. The van der Waals surface area contributed by atoms with Crippen LogP contribution in [-0.4, -0.2) is 29.6 Å². The number of nitrogens with zero attached hydrogens (tertiary/aromatic N) is 1. The first-order valence-corrected chi connectivity index (χ1v) is 6.29. The van der Waals surface area contributed by atoms with Crippen molar-refractivity contribution in [2.75, 3.05) is 13.1 Å². The quantitative estimate of drug-likeness (QED) is 0.749. The third-order valence-electron chi connectivity index (χ3n) is 4.37. The van der Waals surface area contributed by atoms with Gasteiger partial charge >= 0.3 is 0 Å². The Labute approximate surface area is 87.8 Å². The van der Waals surface area contributed by atoms with Crippen molar-refractivity contribution in [1.29, 1.82) is 0 Å². The predicted molar refractivity (Wildman–Crippen MR) is 60.3 cm³/mol. The number of nitrogens with two attached hydrogens (primary N) is 1. The Balaban J connectivity index is 2.10. The zero-order valence-corrected chi connectivity index (χ0v) is 9.47. The molecule has 2 fully saturated rings. The van der Waals surface area contributed by atoms with E-state index in [9.17, 15) is 0 Å². The van der Waals surface area contributed by atoms with Crippen LogP contribution in [0.4, 0.5) is 0 Å². The summed E-state index contributed by atoms with van der Waals surface area (Å²) in [6.45, 7) is 4.50. The van der Waals surface area contributed by atoms with Gasteiger partial charge in [0.1, 0.15) is 0 Å². The molecule has 1 aliphatic carbocycles. The van der Waals surface area contributed by atoms with Crippen LogP contribution in [0.15, 0.2) is 0 Å². The number of hydrogen-bond acceptors (Lipinski definition) is 2. The maximum absolute atomic E-state index is 6.02. The zero-order valence-electron chi connectivity index (χ0n) is 9.47. The fourth-order valence-corrected chi connectivity index (χ4v) is 3.53. The first-order valence-electron chi connectivity index (χ1n) is 6.29. The minimum Gasteiger partial charge on any atom is -0.329 e. The SMILES string of the molecule is CCC1CCCN1C1(CN)CCCC1. The molecule has 0 radical (unpaired) electrons. The summed E-state index contributed by atoms with van der Waals surface area (Å²) >= 11 is 0. The molecule has 1 heterocycles. The summed E-state index contributed by atoms with van der Waals surface area (Å²) in [6, 6.07) is 0.830. The lowest BCUT2D eigenvalue weighted by Gasteiger charge is -2.41. The molecule has 0 aromatic carbocycles. The van der Waals surface area contributed by atoms with Gasteiger partial charge < -0.3 is 5.73 Å². The van der Waals surface area contributed by atoms with E-state index >= 15 is 0 Å². The van der Waals surface area contributed by atoms with Gasteiger partial charge in [0.15, 0.2) is 0 Å². The van der Waals surface area contributed by atoms with Gasteiger partial charge in [-0.05, 0) is 38.6 Å². The Bertz CT molecular complexity index is 185. The summed E-state index contributed by atoms with van der Waals surface area (Å²) in [5, 5.41) is 0. The van der Waals surface area contributed by atoms with Gasteiger partial charge in [-0.1, -0.05) is 19.8 Å². The fourth-order valence-electron chi connectivity index (χ4n) is 3.53. The molecule has 14 heavy (non-hydrogen) atoms. The smallest absolute Gasteiger partial charge is 0.0334 e. The molecule has 1 saturated heterocycles. The Morgan fingerprint density at radius 1 is 1.29 bits per heavy atom. The second-order valence-corrected chi connectivity index (χ2v) is 5.03. The van der Waals surface area contributed by atoms with Gasteiger partial charge in [-0.15, -0.1) is 0 Å². The molecule has 1 saturated carbocycles. The Morgan fingerprint density at radius 2 is 2.00 bits per heavy atom. The molecule has 1 atom stereocenters. The van der Waals surface area contributed by atoms with Crippen molar-refractivity contribution >= 4 is 0 Å². The lowest BCUT2D eigenvalue weighted by molar-refractivity contribution is 0.0833. The minimum atomic E-state index is 0.400. The zero-order chi connectivity index (χ0) is 10.0. The van der Waals surface area contributed by atoms with Crippen molar-refractivity contribution < 1.29 is 0 Å². The Kier molecular flexibility index (Phi) is 3.13. The van der Waals surface area contributed by atoms with Crippen LogP contribution in [0.3, 0.4) is 0 Å². The largest absolute Gasteiger partial charge is 0.329 e. The van der Waals surface area contributed by atoms with Crippen LogP contribution in [0.25, 0.3) is 0 Å². The highest BCUT2D eigenvalue weighted by molar-refractivity contribution is 5.00. The third kappa shape index (κ3) is 1.59. The van der Waals surface area contributed by atoms with Gasteiger partial charge in [-0.2, -0.15) is 0 Å². The van der Waals surface area contributed by atoms with Gasteiger partial charge in [-0.25, -0.2) is 0 Å². The van der Waals surface area contributed by atoms with Crippen LogP contribution < -0.4 is 5.73 Å². The normalized spacial score (nSPS) is 32.6. The standard InChI is InChI=1S/C12H24N2/c1-2-11-6-5-9-14(11)12(10-13)7-3-4-8-12/h11H,2-10,13H2,1H3. The summed E-state index contributed by atoms with van der Waals surface area (Å²) in [7, 11) is 0. The van der Waals surface area contributed by atoms with E-state index in [0.29, 0.717) is 5.54 Å². The number of hydrogen-bond donors (Lipinski definition) is 1. The summed E-state index contributed by atoms with van der Waals surface area (Å²) < 4.78 is 0. The molecule has 2 heteroatoms. The van der Waals surface area contributed by atoms with E-state index in [-0.39, 0.29) is 0 Å². The van der Waals surface area contributed by atoms with Crippen LogP contribution in [0, 0.1) is 0 Å². The molecule has 0 bridgehead atoms. The average molecular weight is 196 g/mol. The maximum atomic E-state index is 6.02. The summed E-state index contributed by atoms with van der Waals surface area (Å²) in [5.74, 6) is 0. The van der Waals surface area contributed by atoms with Crippen molar-refractivity contribution in [2.24, 2.45) is 5.73 Å². The topological polar surface area (TPSA) is 29.3 Å². The summed E-state index contributed by atoms with van der Waals surface area (Å²) in [4.78, 5) is 2.75. The molecule has 0 spiro atoms. The van der Waals surface area contributed by atoms with E-state index in [2.05, 4.69) is 11.8 Å². The van der Waals surface area contributed by atoms with Crippen molar-refractivity contribution in [2.45, 2.75) is 63.5 Å². The highest BCUT2D eigenvalue weighted by Crippen LogP contribution is 2.39. The number of rotatable bonds is 3. The fraction of sp³-hybridized carbons (Fsp3) is 1.00. The molecule has 2 aliphatic rings. The second kappa shape index (κ2) is 4.19. The first-order chi connectivity index (χ1) is 6.82. The molecule has 0 aromatic rings. The van der Waals surface area contributed by atoms with Crippen molar-refractivity contribution in [3.63, 3.8) is 0 Å². The molecule has 2 N–H and O–H groups in total. The van der Waals surface area contributed by atoms with Gasteiger partial charge in [0.25, 0.3) is 0 Å². The van der Waals surface area contributed by atoms with Crippen LogP contribution in [-0.2, 0) is 0 Å². The van der Waals surface area contributed by atoms with Crippen LogP contribution in [0.1, 0.15) is 51.9 Å². The van der Waals surface area contributed by atoms with Crippen molar-refractivity contribution in [1.82, 2.24) is 4.90 Å². The molecule has 82 valence electrons. The Morgan fingerprint density at radius 3 is 2.57 bits per heavy atom. The second-order valence-electron chi connectivity index (χ2n) is 5.03. The van der Waals surface area contributed by atoms with E-state index in [1.807, 2.05) is 0 Å². The lowest BCUT2D eigenvalue weighted by Crippen LogP contribution is -2.53. The summed E-state index contributed by atoms with van der Waals surface area (Å²) in [6.07, 6.45) is 9.58. The van der Waals surface area contributed by atoms with Gasteiger partial charge in [0, 0.05) is 18.1 Å². The van der Waals surface area contributed by atoms with Crippen LogP contribution >= 0.6 is 0 Å². The van der Waals surface area contributed by atoms with Gasteiger partial charge in [0.2, 0.25) is 0 Å². The third-order valence-corrected chi connectivity index (χ3v) is 4.37. The van der Waals surface area contributed by atoms with Crippen molar-refractivity contribution in [3.8, 4) is 0 Å². The predicted octanol–water partition coefficient (Wildman–Crippen LogP) is 2.13. The molecule has 1 aliphatic heterocycles. The van der Waals surface area contributed by atoms with Crippen LogP contribution in [0.2, 0.25) is 0 Å². The highest BCUT2D eigenvalue weighted by Gasteiger charge is 2.42. The lowest BCUT2D eigenvalue weighted by atomic mass is 9.93. The molecular formula is C12H24N2. The molecule has 0 aromatic heterocycles. The van der Waals surface area contributed by atoms with Gasteiger partial charge in [0.05, 0.1) is 0 Å². The molecule has 2 rings (SSSR count). The monoisotopic (exact) mass is 196 g/mol. The van der Waals surface area contributed by atoms with Crippen LogP contribution in [0.5, 0.6) is 0 Å². The van der Waals surface area contributed by atoms with Crippen molar-refractivity contribution in [3.05, 3.63) is 0 Å². The van der Waals surface area contributed by atoms with E-state index in [4.69, 9.17) is 5.73 Å². The van der Waals surface area contributed by atoms with E-state index < -0.39 is 0 Å². The van der Waals surface area contributed by atoms with E-state index in [1.165, 1.54) is 51.5 Å². The van der Waals surface area contributed by atoms with Gasteiger partial charge in [-0.3, -0.25) is 4.90 Å². The molecule has 0 amide bonds. The van der Waals surface area contributed by atoms with E-state index in [0.717, 1.165) is 12.6 Å². The minimum absolute atomic E-state index is 0.400. The first kappa shape index (κ1) is 10.4. The summed E-state index contributed by atoms with van der Waals surface area (Å²) in [5.41, 5.74) is 6.42. The molecule has 1 unspecified atom stereocenters. The Hall–Kier alpha value is -0.0800. The maximum Gasteiger partial charge on any atom is 0.0334 e. The average Bonchev–Trinajstić information content (AvgIpc) is 2.86. The molecule has 2 nitrogen and oxygen atoms in total. The van der Waals surface area contributed by atoms with E-state index in [1.54, 1.807) is 0 Å². The molecular weight excluding hydrogens is 172 g/mol. The number of likely N-dealkylation sites (tertiary alicyclic amines) is 1.